The first-order chi connectivity index (χ1) is 8.30. The fraction of sp³-hybridized carbons (Fsp3) is 0.182. The van der Waals surface area contributed by atoms with E-state index in [1.54, 1.807) is 0 Å². The Kier molecular flexibility index (Phi) is 2.76. The number of halogens is 4. The Hall–Kier alpha value is -2.05. The smallest absolute Gasteiger partial charge is 0.431 e. The van der Waals surface area contributed by atoms with Crippen LogP contribution in [0.15, 0.2) is 18.2 Å². The van der Waals surface area contributed by atoms with Crippen LogP contribution < -0.4 is 0 Å². The highest BCUT2D eigenvalue weighted by molar-refractivity contribution is 5.88. The number of nitrogens with one attached hydrogen (secondary N) is 1. The maximum absolute atomic E-state index is 13.4. The molecule has 2 rings (SSSR count). The van der Waals surface area contributed by atoms with Crippen LogP contribution in [0.25, 0.3) is 10.9 Å². The minimum absolute atomic E-state index is 0.0651. The van der Waals surface area contributed by atoms with E-state index in [1.807, 2.05) is 4.98 Å². The number of carboxylic acids is 1. The highest BCUT2D eigenvalue weighted by Crippen LogP contribution is 2.36. The van der Waals surface area contributed by atoms with Crippen LogP contribution in [-0.2, 0) is 17.4 Å². The minimum atomic E-state index is -4.75. The molecule has 0 fully saturated rings. The van der Waals surface area contributed by atoms with Gasteiger partial charge in [-0.2, -0.15) is 13.2 Å². The van der Waals surface area contributed by atoms with Crippen molar-refractivity contribution in [3.8, 4) is 0 Å². The lowest BCUT2D eigenvalue weighted by Crippen LogP contribution is -2.11. The third kappa shape index (κ3) is 2.03. The van der Waals surface area contributed by atoms with E-state index in [0.29, 0.717) is 0 Å². The zero-order valence-corrected chi connectivity index (χ0v) is 8.81. The molecule has 0 saturated heterocycles. The zero-order valence-electron chi connectivity index (χ0n) is 8.81. The van der Waals surface area contributed by atoms with Crippen molar-refractivity contribution < 1.29 is 27.5 Å². The number of benzene rings is 1. The van der Waals surface area contributed by atoms with E-state index < -0.39 is 35.6 Å². The average molecular weight is 261 g/mol. The molecule has 0 aliphatic heterocycles. The van der Waals surface area contributed by atoms with Gasteiger partial charge in [-0.25, -0.2) is 4.39 Å². The number of H-pyrrole nitrogens is 1. The summed E-state index contributed by atoms with van der Waals surface area (Å²) in [6.45, 7) is 0. The molecule has 1 heterocycles. The second-order valence-electron chi connectivity index (χ2n) is 3.71. The monoisotopic (exact) mass is 261 g/mol. The minimum Gasteiger partial charge on any atom is -0.481 e. The number of carboxylic acid groups (broad SMARTS) is 1. The molecule has 0 saturated carbocycles. The van der Waals surface area contributed by atoms with Crippen molar-refractivity contribution in [2.75, 3.05) is 0 Å². The van der Waals surface area contributed by atoms with Crippen LogP contribution in [0.4, 0.5) is 17.6 Å². The maximum Gasteiger partial charge on any atom is 0.431 e. The summed E-state index contributed by atoms with van der Waals surface area (Å²) in [4.78, 5) is 12.5. The van der Waals surface area contributed by atoms with Gasteiger partial charge in [-0.1, -0.05) is 12.1 Å². The van der Waals surface area contributed by atoms with Crippen LogP contribution in [0, 0.1) is 5.82 Å². The molecule has 0 aliphatic rings. The Bertz CT molecular complexity index is 615. The zero-order chi connectivity index (χ0) is 13.5. The predicted octanol–water partition coefficient (Wildman–Crippen LogP) is 2.95. The summed E-state index contributed by atoms with van der Waals surface area (Å²) in [6, 6.07) is 3.49. The molecule has 0 bridgehead atoms. The second-order valence-corrected chi connectivity index (χ2v) is 3.71. The second kappa shape index (κ2) is 4.01. The molecule has 0 atom stereocenters. The SMILES string of the molecule is O=C(O)Cc1c(C(F)(F)F)[nH]c2c(F)cccc12. The summed E-state index contributed by atoms with van der Waals surface area (Å²) >= 11 is 0. The number of alkyl halides is 3. The number of aromatic nitrogens is 1. The third-order valence-corrected chi connectivity index (χ3v) is 2.50. The maximum atomic E-state index is 13.4. The number of aromatic amines is 1. The van der Waals surface area contributed by atoms with E-state index in [0.717, 1.165) is 6.07 Å². The Balaban J connectivity index is 2.76. The van der Waals surface area contributed by atoms with Crippen LogP contribution >= 0.6 is 0 Å². The van der Waals surface area contributed by atoms with Gasteiger partial charge in [0.1, 0.15) is 11.5 Å². The first kappa shape index (κ1) is 12.4. The lowest BCUT2D eigenvalue weighted by molar-refractivity contribution is -0.142. The van der Waals surface area contributed by atoms with Crippen molar-refractivity contribution in [1.82, 2.24) is 4.98 Å². The van der Waals surface area contributed by atoms with Crippen molar-refractivity contribution >= 4 is 16.9 Å². The average Bonchev–Trinajstić information content (AvgIpc) is 2.57. The molecule has 0 spiro atoms. The van der Waals surface area contributed by atoms with Gasteiger partial charge >= 0.3 is 12.1 Å². The normalized spacial score (nSPS) is 12.0. The number of carbonyl (C=O) groups is 1. The van der Waals surface area contributed by atoms with Gasteiger partial charge in [0, 0.05) is 10.9 Å². The lowest BCUT2D eigenvalue weighted by atomic mass is 10.1. The molecule has 18 heavy (non-hydrogen) atoms. The summed E-state index contributed by atoms with van der Waals surface area (Å²) in [5.74, 6) is -2.26. The predicted molar refractivity (Wildman–Crippen MR) is 54.6 cm³/mol. The molecule has 0 amide bonds. The number of hydrogen-bond donors (Lipinski definition) is 2. The first-order valence-corrected chi connectivity index (χ1v) is 4.88. The van der Waals surface area contributed by atoms with Crippen molar-refractivity contribution in [3.05, 3.63) is 35.3 Å². The number of hydrogen-bond acceptors (Lipinski definition) is 1. The van der Waals surface area contributed by atoms with E-state index in [1.165, 1.54) is 12.1 Å². The summed E-state index contributed by atoms with van der Waals surface area (Å²) in [5, 5.41) is 8.56. The Labute approximate surface area is 98.0 Å². The van der Waals surface area contributed by atoms with Crippen LogP contribution in [-0.4, -0.2) is 16.1 Å². The summed E-state index contributed by atoms with van der Waals surface area (Å²) < 4.78 is 51.5. The molecule has 7 heteroatoms. The standard InChI is InChI=1S/C11H7F4NO2/c12-7-3-1-2-5-6(4-8(17)18)10(11(13,14)15)16-9(5)7/h1-3,16H,4H2,(H,17,18). The van der Waals surface area contributed by atoms with E-state index in [9.17, 15) is 22.4 Å². The number of rotatable bonds is 2. The van der Waals surface area contributed by atoms with Gasteiger partial charge in [0.25, 0.3) is 0 Å². The molecular weight excluding hydrogens is 254 g/mol. The molecule has 2 N–H and O–H groups in total. The van der Waals surface area contributed by atoms with Crippen molar-refractivity contribution in [3.63, 3.8) is 0 Å². The van der Waals surface area contributed by atoms with Gasteiger partial charge in [-0.05, 0) is 6.07 Å². The first-order valence-electron chi connectivity index (χ1n) is 4.88. The largest absolute Gasteiger partial charge is 0.481 e. The Morgan fingerprint density at radius 3 is 2.56 bits per heavy atom. The quantitative estimate of drug-likeness (QED) is 0.816. The van der Waals surface area contributed by atoms with Gasteiger partial charge in [-0.15, -0.1) is 0 Å². The lowest BCUT2D eigenvalue weighted by Gasteiger charge is -2.06. The Morgan fingerprint density at radius 1 is 1.33 bits per heavy atom. The Morgan fingerprint density at radius 2 is 2.00 bits per heavy atom. The van der Waals surface area contributed by atoms with Crippen LogP contribution in [0.2, 0.25) is 0 Å². The third-order valence-electron chi connectivity index (χ3n) is 2.50. The number of aliphatic carboxylic acids is 1. The van der Waals surface area contributed by atoms with Crippen LogP contribution in [0.1, 0.15) is 11.3 Å². The van der Waals surface area contributed by atoms with Gasteiger partial charge in [0.15, 0.2) is 0 Å². The van der Waals surface area contributed by atoms with Gasteiger partial charge in [-0.3, -0.25) is 4.79 Å². The molecule has 3 nitrogen and oxygen atoms in total. The summed E-state index contributed by atoms with van der Waals surface area (Å²) in [5.41, 5.74) is -2.00. The topological polar surface area (TPSA) is 53.1 Å². The van der Waals surface area contributed by atoms with Crippen LogP contribution in [0.3, 0.4) is 0 Å². The number of fused-ring (bicyclic) bond motifs is 1. The van der Waals surface area contributed by atoms with Crippen molar-refractivity contribution in [2.45, 2.75) is 12.6 Å². The van der Waals surface area contributed by atoms with Crippen molar-refractivity contribution in [2.24, 2.45) is 0 Å². The van der Waals surface area contributed by atoms with Crippen LogP contribution in [0.5, 0.6) is 0 Å². The summed E-state index contributed by atoms with van der Waals surface area (Å²) in [6.07, 6.45) is -5.57. The highest BCUT2D eigenvalue weighted by Gasteiger charge is 2.37. The molecule has 0 aliphatic carbocycles. The van der Waals surface area contributed by atoms with E-state index >= 15 is 0 Å². The molecule has 1 aromatic heterocycles. The van der Waals surface area contributed by atoms with E-state index in [4.69, 9.17) is 5.11 Å². The molecule has 0 unspecified atom stereocenters. The van der Waals surface area contributed by atoms with Gasteiger partial charge in [0.05, 0.1) is 11.9 Å². The fourth-order valence-corrected chi connectivity index (χ4v) is 1.81. The highest BCUT2D eigenvalue weighted by atomic mass is 19.4. The van der Waals surface area contributed by atoms with Gasteiger partial charge < -0.3 is 10.1 Å². The molecular formula is C11H7F4NO2. The molecule has 2 aromatic rings. The molecule has 1 aromatic carbocycles. The van der Waals surface area contributed by atoms with Crippen molar-refractivity contribution in [1.29, 1.82) is 0 Å². The van der Waals surface area contributed by atoms with E-state index in [2.05, 4.69) is 0 Å². The summed E-state index contributed by atoms with van der Waals surface area (Å²) in [7, 11) is 0. The number of para-hydroxylation sites is 1. The van der Waals surface area contributed by atoms with Gasteiger partial charge in [0.2, 0.25) is 0 Å². The van der Waals surface area contributed by atoms with E-state index in [-0.39, 0.29) is 10.9 Å². The molecule has 96 valence electrons. The fourth-order valence-electron chi connectivity index (χ4n) is 1.81. The molecule has 0 radical (unpaired) electrons.